The number of carbonyl (C=O) groups is 1. The molecular weight excluding hydrogens is 364 g/mol. The van der Waals surface area contributed by atoms with Gasteiger partial charge in [0.25, 0.3) is 10.0 Å². The summed E-state index contributed by atoms with van der Waals surface area (Å²) in [5.41, 5.74) is 2.46. The number of aromatic nitrogens is 2. The lowest BCUT2D eigenvalue weighted by Gasteiger charge is -2.15. The van der Waals surface area contributed by atoms with Crippen LogP contribution in [-0.2, 0) is 21.2 Å². The van der Waals surface area contributed by atoms with Gasteiger partial charge < -0.3 is 4.90 Å². The second kappa shape index (κ2) is 6.55. The van der Waals surface area contributed by atoms with Crippen molar-refractivity contribution in [2.75, 3.05) is 16.2 Å². The fourth-order valence-electron chi connectivity index (χ4n) is 3.17. The SMILES string of the molecule is CC(=O)N1CCc2cc(S(=O)(=O)Nc3ccn(-c4ccccc4)n3)ccc21. The van der Waals surface area contributed by atoms with Crippen LogP contribution >= 0.6 is 0 Å². The second-order valence-electron chi connectivity index (χ2n) is 6.30. The summed E-state index contributed by atoms with van der Waals surface area (Å²) in [5.74, 6) is 0.193. The van der Waals surface area contributed by atoms with Crippen LogP contribution in [0.1, 0.15) is 12.5 Å². The number of carbonyl (C=O) groups excluding carboxylic acids is 1. The van der Waals surface area contributed by atoms with Gasteiger partial charge in [0.2, 0.25) is 5.91 Å². The monoisotopic (exact) mass is 382 g/mol. The Bertz CT molecular complexity index is 1110. The summed E-state index contributed by atoms with van der Waals surface area (Å²) in [6, 6.07) is 15.9. The van der Waals surface area contributed by atoms with E-state index in [4.69, 9.17) is 0 Å². The van der Waals surface area contributed by atoms with Crippen LogP contribution in [0.2, 0.25) is 0 Å². The third kappa shape index (κ3) is 3.31. The molecule has 1 aliphatic rings. The van der Waals surface area contributed by atoms with Crippen LogP contribution in [0, 0.1) is 0 Å². The van der Waals surface area contributed by atoms with Gasteiger partial charge in [0.05, 0.1) is 10.6 Å². The topological polar surface area (TPSA) is 84.3 Å². The van der Waals surface area contributed by atoms with Crippen LogP contribution in [0.4, 0.5) is 11.5 Å². The zero-order valence-electron chi connectivity index (χ0n) is 14.7. The number of rotatable bonds is 4. The predicted octanol–water partition coefficient (Wildman–Crippen LogP) is 2.58. The molecule has 2 aromatic carbocycles. The molecule has 0 saturated carbocycles. The summed E-state index contributed by atoms with van der Waals surface area (Å²) in [6.45, 7) is 2.08. The summed E-state index contributed by atoms with van der Waals surface area (Å²) in [5, 5.41) is 4.27. The maximum Gasteiger partial charge on any atom is 0.263 e. The van der Waals surface area contributed by atoms with Crippen molar-refractivity contribution in [1.29, 1.82) is 0 Å². The van der Waals surface area contributed by atoms with Gasteiger partial charge in [0.1, 0.15) is 0 Å². The second-order valence-corrected chi connectivity index (χ2v) is 7.98. The Balaban J connectivity index is 1.58. The van der Waals surface area contributed by atoms with E-state index in [-0.39, 0.29) is 16.6 Å². The highest BCUT2D eigenvalue weighted by Crippen LogP contribution is 2.30. The molecule has 0 bridgehead atoms. The van der Waals surface area contributed by atoms with Crippen molar-refractivity contribution in [1.82, 2.24) is 9.78 Å². The fraction of sp³-hybridized carbons (Fsp3) is 0.158. The Hall–Kier alpha value is -3.13. The normalized spacial score (nSPS) is 13.4. The van der Waals surface area contributed by atoms with Gasteiger partial charge in [-0.2, -0.15) is 0 Å². The minimum atomic E-state index is -3.77. The highest BCUT2D eigenvalue weighted by Gasteiger charge is 2.25. The first-order valence-electron chi connectivity index (χ1n) is 8.49. The van der Waals surface area contributed by atoms with Gasteiger partial charge in [-0.3, -0.25) is 9.52 Å². The lowest BCUT2D eigenvalue weighted by Crippen LogP contribution is -2.25. The number of hydrogen-bond acceptors (Lipinski definition) is 4. The Morgan fingerprint density at radius 2 is 1.89 bits per heavy atom. The van der Waals surface area contributed by atoms with E-state index in [9.17, 15) is 13.2 Å². The lowest BCUT2D eigenvalue weighted by molar-refractivity contribution is -0.116. The first kappa shape index (κ1) is 17.3. The molecule has 0 radical (unpaired) electrons. The molecule has 2 heterocycles. The number of anilines is 2. The van der Waals surface area contributed by atoms with E-state index in [1.165, 1.54) is 13.0 Å². The third-order valence-electron chi connectivity index (χ3n) is 4.49. The summed E-state index contributed by atoms with van der Waals surface area (Å²) in [4.78, 5) is 13.4. The van der Waals surface area contributed by atoms with Crippen LogP contribution in [0.5, 0.6) is 0 Å². The van der Waals surface area contributed by atoms with Crippen LogP contribution < -0.4 is 9.62 Å². The van der Waals surface area contributed by atoms with Crippen molar-refractivity contribution < 1.29 is 13.2 Å². The fourth-order valence-corrected chi connectivity index (χ4v) is 4.22. The molecule has 7 nitrogen and oxygen atoms in total. The van der Waals surface area contributed by atoms with Gasteiger partial charge in [0.15, 0.2) is 5.82 Å². The highest BCUT2D eigenvalue weighted by molar-refractivity contribution is 7.92. The van der Waals surface area contributed by atoms with E-state index in [2.05, 4.69) is 9.82 Å². The van der Waals surface area contributed by atoms with Crippen LogP contribution in [-0.4, -0.2) is 30.7 Å². The maximum absolute atomic E-state index is 12.7. The van der Waals surface area contributed by atoms with Gasteiger partial charge in [-0.25, -0.2) is 13.1 Å². The molecule has 0 spiro atoms. The summed E-state index contributed by atoms with van der Waals surface area (Å²) in [6.07, 6.45) is 2.33. The number of nitrogens with one attached hydrogen (secondary N) is 1. The lowest BCUT2D eigenvalue weighted by atomic mass is 10.2. The molecule has 8 heteroatoms. The van der Waals surface area contributed by atoms with Crippen LogP contribution in [0.3, 0.4) is 0 Å². The Labute approximate surface area is 157 Å². The van der Waals surface area contributed by atoms with Crippen molar-refractivity contribution in [3.05, 3.63) is 66.4 Å². The van der Waals surface area contributed by atoms with Gasteiger partial charge in [0, 0.05) is 31.4 Å². The van der Waals surface area contributed by atoms with Crippen LogP contribution in [0.15, 0.2) is 65.7 Å². The number of benzene rings is 2. The van der Waals surface area contributed by atoms with Gasteiger partial charge in [-0.15, -0.1) is 5.10 Å². The average molecular weight is 382 g/mol. The molecule has 0 aliphatic carbocycles. The van der Waals surface area contributed by atoms with Crippen molar-refractivity contribution in [3.63, 3.8) is 0 Å². The van der Waals surface area contributed by atoms with E-state index < -0.39 is 10.0 Å². The zero-order chi connectivity index (χ0) is 19.0. The largest absolute Gasteiger partial charge is 0.312 e. The Kier molecular flexibility index (Phi) is 4.19. The predicted molar refractivity (Wildman–Crippen MR) is 103 cm³/mol. The molecule has 3 aromatic rings. The molecule has 1 aromatic heterocycles. The number of nitrogens with zero attached hydrogens (tertiary/aromatic N) is 3. The molecule has 1 N–H and O–H groups in total. The van der Waals surface area contributed by atoms with Crippen molar-refractivity contribution in [3.8, 4) is 5.69 Å². The molecule has 1 aliphatic heterocycles. The highest BCUT2D eigenvalue weighted by atomic mass is 32.2. The van der Waals surface area contributed by atoms with E-state index in [1.54, 1.807) is 34.0 Å². The van der Waals surface area contributed by atoms with Gasteiger partial charge in [-0.1, -0.05) is 18.2 Å². The molecule has 138 valence electrons. The summed E-state index contributed by atoms with van der Waals surface area (Å²) < 4.78 is 29.6. The number of amides is 1. The molecule has 1 amide bonds. The summed E-state index contributed by atoms with van der Waals surface area (Å²) >= 11 is 0. The summed E-state index contributed by atoms with van der Waals surface area (Å²) in [7, 11) is -3.77. The number of para-hydroxylation sites is 1. The average Bonchev–Trinajstić information content (AvgIpc) is 3.28. The van der Waals surface area contributed by atoms with Gasteiger partial charge in [-0.05, 0) is 42.3 Å². The molecule has 0 fully saturated rings. The molecule has 0 atom stereocenters. The molecule has 0 unspecified atom stereocenters. The Morgan fingerprint density at radius 3 is 2.63 bits per heavy atom. The third-order valence-corrected chi connectivity index (χ3v) is 5.84. The zero-order valence-corrected chi connectivity index (χ0v) is 15.5. The quantitative estimate of drug-likeness (QED) is 0.752. The first-order chi connectivity index (χ1) is 12.9. The van der Waals surface area contributed by atoms with Crippen molar-refractivity contribution >= 4 is 27.4 Å². The molecular formula is C19H18N4O3S. The number of hydrogen-bond donors (Lipinski definition) is 1. The molecule has 0 saturated heterocycles. The smallest absolute Gasteiger partial charge is 0.263 e. The molecule has 27 heavy (non-hydrogen) atoms. The van der Waals surface area contributed by atoms with Crippen molar-refractivity contribution in [2.45, 2.75) is 18.2 Å². The molecule has 4 rings (SSSR count). The van der Waals surface area contributed by atoms with E-state index in [0.717, 1.165) is 16.9 Å². The van der Waals surface area contributed by atoms with Crippen LogP contribution in [0.25, 0.3) is 5.69 Å². The standard InChI is InChI=1S/C19H18N4O3S/c1-14(24)22-11-9-15-13-17(7-8-18(15)22)27(25,26)21-19-10-12-23(20-19)16-5-3-2-4-6-16/h2-8,10,12-13H,9,11H2,1H3,(H,20,21). The van der Waals surface area contributed by atoms with E-state index in [0.29, 0.717) is 13.0 Å². The van der Waals surface area contributed by atoms with E-state index in [1.807, 2.05) is 30.3 Å². The minimum Gasteiger partial charge on any atom is -0.312 e. The minimum absolute atomic E-state index is 0.0473. The van der Waals surface area contributed by atoms with E-state index >= 15 is 0 Å². The van der Waals surface area contributed by atoms with Crippen molar-refractivity contribution in [2.24, 2.45) is 0 Å². The maximum atomic E-state index is 12.7. The number of fused-ring (bicyclic) bond motifs is 1. The Morgan fingerprint density at radius 1 is 1.11 bits per heavy atom. The van der Waals surface area contributed by atoms with Gasteiger partial charge >= 0.3 is 0 Å². The number of sulfonamides is 1. The first-order valence-corrected chi connectivity index (χ1v) is 9.97.